The Morgan fingerprint density at radius 1 is 1.26 bits per heavy atom. The summed E-state index contributed by atoms with van der Waals surface area (Å²) in [6, 6.07) is 12.9. The first kappa shape index (κ1) is 14.5. The summed E-state index contributed by atoms with van der Waals surface area (Å²) in [4.78, 5) is 0. The van der Waals surface area contributed by atoms with Crippen molar-refractivity contribution in [2.24, 2.45) is 0 Å². The molecule has 0 saturated carbocycles. The molecule has 1 atom stereocenters. The summed E-state index contributed by atoms with van der Waals surface area (Å²) < 4.78 is 14.7. The summed E-state index contributed by atoms with van der Waals surface area (Å²) in [5.74, 6) is -0.276. The fourth-order valence-corrected chi connectivity index (χ4v) is 2.40. The molecule has 0 aliphatic rings. The molecule has 0 saturated heterocycles. The highest BCUT2D eigenvalue weighted by atomic mass is 79.9. The summed E-state index contributed by atoms with van der Waals surface area (Å²) in [6.45, 7) is 2.52. The third-order valence-corrected chi connectivity index (χ3v) is 3.69. The van der Waals surface area contributed by atoms with Crippen LogP contribution in [0.4, 0.5) is 4.39 Å². The normalized spacial score (nSPS) is 12.4. The highest BCUT2D eigenvalue weighted by molar-refractivity contribution is 9.10. The molecule has 0 radical (unpaired) electrons. The van der Waals surface area contributed by atoms with E-state index in [0.717, 1.165) is 10.0 Å². The van der Waals surface area contributed by atoms with Crippen LogP contribution in [0.2, 0.25) is 5.02 Å². The average molecular weight is 343 g/mol. The molecular weight excluding hydrogens is 329 g/mol. The quantitative estimate of drug-likeness (QED) is 0.816. The van der Waals surface area contributed by atoms with Crippen LogP contribution in [0, 0.1) is 5.82 Å². The van der Waals surface area contributed by atoms with Crippen molar-refractivity contribution in [2.75, 3.05) is 0 Å². The second-order valence-electron chi connectivity index (χ2n) is 4.39. The van der Waals surface area contributed by atoms with Crippen LogP contribution in [0.15, 0.2) is 46.9 Å². The number of rotatable bonds is 4. The summed E-state index contributed by atoms with van der Waals surface area (Å²) in [5, 5.41) is 3.72. The molecule has 1 N–H and O–H groups in total. The lowest BCUT2D eigenvalue weighted by Gasteiger charge is -2.15. The van der Waals surface area contributed by atoms with Crippen LogP contribution >= 0.6 is 27.5 Å². The van der Waals surface area contributed by atoms with Gasteiger partial charge in [0.25, 0.3) is 0 Å². The molecule has 4 heteroatoms. The van der Waals surface area contributed by atoms with E-state index in [1.807, 2.05) is 18.2 Å². The molecule has 2 rings (SSSR count). The zero-order valence-electron chi connectivity index (χ0n) is 10.5. The van der Waals surface area contributed by atoms with Crippen LogP contribution in [-0.2, 0) is 6.54 Å². The van der Waals surface area contributed by atoms with Gasteiger partial charge in [-0.05, 0) is 36.8 Å². The first-order valence-corrected chi connectivity index (χ1v) is 7.16. The Bertz CT molecular complexity index is 574. The monoisotopic (exact) mass is 341 g/mol. The molecule has 0 amide bonds. The minimum absolute atomic E-state index is 0.146. The smallest absolute Gasteiger partial charge is 0.129 e. The third kappa shape index (κ3) is 4.03. The van der Waals surface area contributed by atoms with Crippen LogP contribution in [-0.4, -0.2) is 0 Å². The predicted molar refractivity (Wildman–Crippen MR) is 80.8 cm³/mol. The van der Waals surface area contributed by atoms with Crippen molar-refractivity contribution in [1.29, 1.82) is 0 Å². The molecule has 0 aliphatic heterocycles. The number of halogens is 3. The number of hydrogen-bond acceptors (Lipinski definition) is 1. The fourth-order valence-electron chi connectivity index (χ4n) is 1.82. The van der Waals surface area contributed by atoms with E-state index >= 15 is 0 Å². The molecule has 2 aromatic rings. The molecule has 2 aromatic carbocycles. The first-order chi connectivity index (χ1) is 9.06. The van der Waals surface area contributed by atoms with Crippen molar-refractivity contribution in [1.82, 2.24) is 5.32 Å². The summed E-state index contributed by atoms with van der Waals surface area (Å²) in [5.41, 5.74) is 1.77. The van der Waals surface area contributed by atoms with Gasteiger partial charge in [-0.25, -0.2) is 4.39 Å². The Morgan fingerprint density at radius 3 is 2.74 bits per heavy atom. The SMILES string of the molecule is C[C@@H](NCc1ccc(Cl)cc1F)c1cccc(Br)c1. The van der Waals surface area contributed by atoms with Gasteiger partial charge in [-0.15, -0.1) is 0 Å². The van der Waals surface area contributed by atoms with Gasteiger partial charge in [0.05, 0.1) is 0 Å². The van der Waals surface area contributed by atoms with Gasteiger partial charge < -0.3 is 5.32 Å². The number of hydrogen-bond donors (Lipinski definition) is 1. The molecule has 0 unspecified atom stereocenters. The zero-order chi connectivity index (χ0) is 13.8. The third-order valence-electron chi connectivity index (χ3n) is 2.96. The van der Waals surface area contributed by atoms with Gasteiger partial charge in [0.15, 0.2) is 0 Å². The topological polar surface area (TPSA) is 12.0 Å². The van der Waals surface area contributed by atoms with Crippen LogP contribution in [0.25, 0.3) is 0 Å². The van der Waals surface area contributed by atoms with Gasteiger partial charge in [0.1, 0.15) is 5.82 Å². The standard InChI is InChI=1S/C15H14BrClFN/c1-10(11-3-2-4-13(16)7-11)19-9-12-5-6-14(17)8-15(12)18/h2-8,10,19H,9H2,1H3/t10-/m1/s1. The van der Waals surface area contributed by atoms with Crippen LogP contribution in [0.3, 0.4) is 0 Å². The van der Waals surface area contributed by atoms with E-state index in [1.165, 1.54) is 6.07 Å². The minimum Gasteiger partial charge on any atom is -0.306 e. The molecular formula is C15H14BrClFN. The van der Waals surface area contributed by atoms with Gasteiger partial charge in [-0.1, -0.05) is 45.7 Å². The maximum absolute atomic E-state index is 13.6. The van der Waals surface area contributed by atoms with Gasteiger partial charge in [-0.2, -0.15) is 0 Å². The van der Waals surface area contributed by atoms with Crippen molar-refractivity contribution < 1.29 is 4.39 Å². The van der Waals surface area contributed by atoms with E-state index in [-0.39, 0.29) is 11.9 Å². The molecule has 1 nitrogen and oxygen atoms in total. The first-order valence-electron chi connectivity index (χ1n) is 5.99. The van der Waals surface area contributed by atoms with E-state index in [1.54, 1.807) is 12.1 Å². The van der Waals surface area contributed by atoms with Crippen LogP contribution < -0.4 is 5.32 Å². The van der Waals surface area contributed by atoms with E-state index in [0.29, 0.717) is 17.1 Å². The Labute approximate surface area is 125 Å². The maximum atomic E-state index is 13.6. The second kappa shape index (κ2) is 6.51. The predicted octanol–water partition coefficient (Wildman–Crippen LogP) is 5.09. The molecule has 0 fully saturated rings. The molecule has 0 bridgehead atoms. The fraction of sp³-hybridized carbons (Fsp3) is 0.200. The Kier molecular flexibility index (Phi) is 4.97. The lowest BCUT2D eigenvalue weighted by Crippen LogP contribution is -2.18. The van der Waals surface area contributed by atoms with Crippen molar-refractivity contribution in [3.63, 3.8) is 0 Å². The van der Waals surface area contributed by atoms with Crippen LogP contribution in [0.1, 0.15) is 24.1 Å². The molecule has 19 heavy (non-hydrogen) atoms. The van der Waals surface area contributed by atoms with Crippen molar-refractivity contribution >= 4 is 27.5 Å². The maximum Gasteiger partial charge on any atom is 0.129 e. The summed E-state index contributed by atoms with van der Waals surface area (Å²) in [7, 11) is 0. The van der Waals surface area contributed by atoms with Crippen LogP contribution in [0.5, 0.6) is 0 Å². The Balaban J connectivity index is 2.02. The molecule has 0 heterocycles. The van der Waals surface area contributed by atoms with Crippen molar-refractivity contribution in [2.45, 2.75) is 19.5 Å². The van der Waals surface area contributed by atoms with Gasteiger partial charge in [0, 0.05) is 27.6 Å². The Hall–Kier alpha value is -0.900. The van der Waals surface area contributed by atoms with E-state index in [2.05, 4.69) is 34.2 Å². The largest absolute Gasteiger partial charge is 0.306 e. The van der Waals surface area contributed by atoms with E-state index in [4.69, 9.17) is 11.6 Å². The molecule has 0 spiro atoms. The van der Waals surface area contributed by atoms with E-state index in [9.17, 15) is 4.39 Å². The Morgan fingerprint density at radius 2 is 2.05 bits per heavy atom. The molecule has 0 aromatic heterocycles. The number of benzene rings is 2. The lowest BCUT2D eigenvalue weighted by atomic mass is 10.1. The second-order valence-corrected chi connectivity index (χ2v) is 5.75. The highest BCUT2D eigenvalue weighted by Gasteiger charge is 2.07. The number of nitrogens with one attached hydrogen (secondary N) is 1. The highest BCUT2D eigenvalue weighted by Crippen LogP contribution is 2.19. The molecule has 100 valence electrons. The summed E-state index contributed by atoms with van der Waals surface area (Å²) >= 11 is 9.17. The average Bonchev–Trinajstić information content (AvgIpc) is 2.37. The van der Waals surface area contributed by atoms with Crippen molar-refractivity contribution in [3.05, 3.63) is 68.9 Å². The van der Waals surface area contributed by atoms with Gasteiger partial charge in [-0.3, -0.25) is 0 Å². The van der Waals surface area contributed by atoms with E-state index < -0.39 is 0 Å². The summed E-state index contributed by atoms with van der Waals surface area (Å²) in [6.07, 6.45) is 0. The molecule has 0 aliphatic carbocycles. The minimum atomic E-state index is -0.276. The van der Waals surface area contributed by atoms with Gasteiger partial charge >= 0.3 is 0 Å². The zero-order valence-corrected chi connectivity index (χ0v) is 12.8. The lowest BCUT2D eigenvalue weighted by molar-refractivity contribution is 0.544. The van der Waals surface area contributed by atoms with Crippen molar-refractivity contribution in [3.8, 4) is 0 Å². The van der Waals surface area contributed by atoms with Gasteiger partial charge in [0.2, 0.25) is 0 Å².